The number of pyridine rings is 3. The summed E-state index contributed by atoms with van der Waals surface area (Å²) in [5, 5.41) is 0. The van der Waals surface area contributed by atoms with Gasteiger partial charge in [-0.15, -0.1) is 0 Å². The number of nitrogens with zero attached hydrogens (tertiary/aromatic N) is 6. The molecule has 1 aliphatic carbocycles. The third kappa shape index (κ3) is 19.9. The zero-order valence-electron chi connectivity index (χ0n) is 57.7. The van der Waals surface area contributed by atoms with Crippen LogP contribution in [0.3, 0.4) is 0 Å². The Morgan fingerprint density at radius 1 is 0.607 bits per heavy atom. The number of H-pyrrole nitrogens is 2. The minimum absolute atomic E-state index is 0.00608. The normalized spacial score (nSPS) is 13.7. The number of hydrogen-bond acceptors (Lipinski definition) is 19. The van der Waals surface area contributed by atoms with E-state index in [-0.39, 0.29) is 59.8 Å². The summed E-state index contributed by atoms with van der Waals surface area (Å²) < 4.78 is 74.9. The molecule has 1 saturated carbocycles. The molecule has 0 spiro atoms. The minimum Gasteiger partial charge on any atom is -0.490 e. The third-order valence-electron chi connectivity index (χ3n) is 16.7. The predicted octanol–water partition coefficient (Wildman–Crippen LogP) is 14.7. The number of carbonyl (C=O) groups is 5. The van der Waals surface area contributed by atoms with E-state index in [1.165, 1.54) is 61.7 Å². The Labute approximate surface area is 610 Å². The van der Waals surface area contributed by atoms with Crippen molar-refractivity contribution in [3.8, 4) is 28.7 Å². The number of halogens is 3. The lowest BCUT2D eigenvalue weighted by Gasteiger charge is -2.29. The molecule has 22 nitrogen and oxygen atoms in total. The average molecular weight is 1450 g/mol. The number of esters is 1. The van der Waals surface area contributed by atoms with Crippen molar-refractivity contribution in [2.45, 2.75) is 77.2 Å². The summed E-state index contributed by atoms with van der Waals surface area (Å²) in [6.07, 6.45) is 12.6. The highest BCUT2D eigenvalue weighted by molar-refractivity contribution is 6.38. The molecular weight excluding hydrogens is 1380 g/mol. The quantitative estimate of drug-likeness (QED) is 0.0159. The van der Waals surface area contributed by atoms with E-state index in [0.29, 0.717) is 92.7 Å². The molecule has 3 aliphatic rings. The summed E-state index contributed by atoms with van der Waals surface area (Å²) in [5.41, 5.74) is 11.9. The lowest BCUT2D eigenvalue weighted by Crippen LogP contribution is -2.32. The number of nitrogens with two attached hydrogens (primary N) is 1. The fourth-order valence-electron chi connectivity index (χ4n) is 11.7. The Balaban J connectivity index is 0.000000146. The second-order valence-corrected chi connectivity index (χ2v) is 24.0. The first-order valence-electron chi connectivity index (χ1n) is 34.0. The second kappa shape index (κ2) is 36.7. The van der Waals surface area contributed by atoms with E-state index in [1.54, 1.807) is 103 Å². The van der Waals surface area contributed by atoms with Gasteiger partial charge >= 0.3 is 17.5 Å². The van der Waals surface area contributed by atoms with E-state index < -0.39 is 53.1 Å². The molecule has 15 rings (SSSR count). The summed E-state index contributed by atoms with van der Waals surface area (Å²) >= 11 is 0. The van der Waals surface area contributed by atoms with Crippen molar-refractivity contribution in [1.82, 2.24) is 29.8 Å². The van der Waals surface area contributed by atoms with Crippen LogP contribution >= 0.6 is 0 Å². The van der Waals surface area contributed by atoms with Crippen molar-refractivity contribution in [1.29, 1.82) is 0 Å². The van der Waals surface area contributed by atoms with Crippen molar-refractivity contribution in [3.63, 3.8) is 0 Å². The molecule has 1 atom stereocenters. The fraction of sp³-hybridized carbons (Fsp3) is 0.171. The molecule has 1 fully saturated rings. The zero-order valence-corrected chi connectivity index (χ0v) is 57.7. The Hall–Kier alpha value is -13.3. The Morgan fingerprint density at radius 3 is 1.78 bits per heavy atom. The number of ether oxygens (including phenoxy) is 4. The molecule has 542 valence electrons. The highest BCUT2D eigenvalue weighted by Crippen LogP contribution is 2.46. The van der Waals surface area contributed by atoms with Crippen molar-refractivity contribution in [2.75, 3.05) is 13.2 Å². The first-order valence-corrected chi connectivity index (χ1v) is 34.0. The number of aldehydes is 1. The molecule has 4 N–H and O–H groups in total. The number of Topliss-reactive ketones (excluding diaryl/α,β-unsaturated/α-hetero) is 2. The van der Waals surface area contributed by atoms with E-state index in [2.05, 4.69) is 39.6 Å². The Kier molecular flexibility index (Phi) is 25.7. The SMILES string of the molecule is CCOC(=O)C(=O)CC(=O)c1cccc2[nH]c(=O)oc12.Fc1ccc(OC2CCCCC2)cc1C=NCc1ccccn1.NCc1ccccn1.O=C1C2=C(C(c3cccc4[nH]c(=O)oc34)=NC2)C(c2cc(Oc3ccccc3)ccc2F)N1Cc1ccccn1.O=Cc1cc(Oc2ccccc2)ccc1F. The number of para-hydroxylation sites is 4. The van der Waals surface area contributed by atoms with Crippen LogP contribution < -0.4 is 31.5 Å². The first-order chi connectivity index (χ1) is 52.1. The number of aromatic amines is 2. The molecule has 1 unspecified atom stereocenters. The number of rotatable bonds is 20. The summed E-state index contributed by atoms with van der Waals surface area (Å²) in [7, 11) is 0. The van der Waals surface area contributed by atoms with E-state index in [9.17, 15) is 42.3 Å². The topological polar surface area (TPSA) is 307 Å². The highest BCUT2D eigenvalue weighted by atomic mass is 19.1. The van der Waals surface area contributed by atoms with Crippen LogP contribution in [0.1, 0.15) is 106 Å². The number of nitrogens with one attached hydrogen (secondary N) is 2. The van der Waals surface area contributed by atoms with Crippen LogP contribution in [0.15, 0.2) is 264 Å². The molecule has 107 heavy (non-hydrogen) atoms. The smallest absolute Gasteiger partial charge is 0.417 e. The van der Waals surface area contributed by atoms with E-state index >= 15 is 4.39 Å². The molecule has 12 aromatic rings. The molecule has 7 aromatic carbocycles. The molecule has 7 heterocycles. The van der Waals surface area contributed by atoms with Gasteiger partial charge in [-0.05, 0) is 172 Å². The standard InChI is InChI=1S/C31H21FN4O4.C19H21FN2O.C13H9FO2.C13H11NO6.C6H8N2/c32-24-13-12-20(39-19-8-2-1-3-9-19)15-22(24)28-26-23(30(37)36(28)17-18-7-4-5-14-33-18)16-34-27(26)21-10-6-11-25-29(21)40-31(38)35-25;20-19-10-9-18(23-17-7-2-1-3-8-17)12-15(19)13-21-14-16-6-4-5-11-22-16;14-13-7-6-12(8-10(13)9-15)16-11-4-2-1-3-5-11;1-2-19-12(17)10(16)6-9(15)7-4-3-5-8-11(7)20-13(18)14-8;7-5-6-3-1-2-4-8-6/h1-15,28H,16-17H2,(H,35,38);4-6,9-13,17H,1-3,7-8,14H2;1-9H;3-5H,2,6H2,1H3,(H,14,18);1-4H,5,7H2. The van der Waals surface area contributed by atoms with Gasteiger partial charge in [0.25, 0.3) is 5.91 Å². The number of ketones is 2. The van der Waals surface area contributed by atoms with Crippen molar-refractivity contribution in [3.05, 3.63) is 319 Å². The van der Waals surface area contributed by atoms with Crippen LogP contribution in [0, 0.1) is 17.5 Å². The van der Waals surface area contributed by atoms with Crippen molar-refractivity contribution >= 4 is 63.9 Å². The maximum atomic E-state index is 15.7. The number of fused-ring (bicyclic) bond motifs is 2. The molecule has 25 heteroatoms. The van der Waals surface area contributed by atoms with E-state index in [1.807, 2.05) is 97.1 Å². The molecule has 0 radical (unpaired) electrons. The lowest BCUT2D eigenvalue weighted by atomic mass is 9.91. The van der Waals surface area contributed by atoms with Gasteiger partial charge in [-0.1, -0.05) is 73.2 Å². The highest BCUT2D eigenvalue weighted by Gasteiger charge is 2.46. The molecule has 0 bridgehead atoms. The van der Waals surface area contributed by atoms with E-state index in [4.69, 9.17) is 28.8 Å². The van der Waals surface area contributed by atoms with Gasteiger partial charge in [0.15, 0.2) is 23.2 Å². The van der Waals surface area contributed by atoms with Gasteiger partial charge in [-0.25, -0.2) is 27.6 Å². The van der Waals surface area contributed by atoms with Gasteiger partial charge in [-0.2, -0.15) is 0 Å². The van der Waals surface area contributed by atoms with Crippen LogP contribution in [-0.2, 0) is 38.8 Å². The summed E-state index contributed by atoms with van der Waals surface area (Å²) in [6, 6.07) is 57.6. The van der Waals surface area contributed by atoms with Gasteiger partial charge in [-0.3, -0.25) is 54.1 Å². The number of oxazole rings is 2. The number of amides is 1. The van der Waals surface area contributed by atoms with Crippen molar-refractivity contribution < 1.29 is 64.9 Å². The van der Waals surface area contributed by atoms with Crippen LogP contribution in [0.25, 0.3) is 22.2 Å². The zero-order chi connectivity index (χ0) is 75.0. The fourth-order valence-corrected chi connectivity index (χ4v) is 11.7. The average Bonchev–Trinajstić information content (AvgIpc) is 1.57. The van der Waals surface area contributed by atoms with Crippen LogP contribution in [0.4, 0.5) is 13.2 Å². The van der Waals surface area contributed by atoms with Crippen molar-refractivity contribution in [2.24, 2.45) is 15.7 Å². The lowest BCUT2D eigenvalue weighted by molar-refractivity contribution is -0.153. The number of aliphatic imine (C=N–C) groups is 2. The maximum Gasteiger partial charge on any atom is 0.417 e. The summed E-state index contributed by atoms with van der Waals surface area (Å²) in [5.74, 6) is -2.63. The molecule has 1 amide bonds. The van der Waals surface area contributed by atoms with Crippen LogP contribution in [0.2, 0.25) is 0 Å². The number of benzene rings is 7. The molecular formula is C82H70F3N9O13. The third-order valence-corrected chi connectivity index (χ3v) is 16.7. The van der Waals surface area contributed by atoms with Crippen LogP contribution in [-0.4, -0.2) is 90.7 Å². The second-order valence-electron chi connectivity index (χ2n) is 24.0. The van der Waals surface area contributed by atoms with Gasteiger partial charge in [0.1, 0.15) is 46.2 Å². The summed E-state index contributed by atoms with van der Waals surface area (Å²) in [4.78, 5) is 110. The minimum atomic E-state index is -1.05. The molecule has 5 aromatic heterocycles. The van der Waals surface area contributed by atoms with Gasteiger partial charge in [0.2, 0.25) is 5.78 Å². The van der Waals surface area contributed by atoms with Crippen LogP contribution in [0.5, 0.6) is 28.7 Å². The number of hydrogen-bond donors (Lipinski definition) is 3. The Bertz CT molecular complexity index is 5300. The monoisotopic (exact) mass is 1450 g/mol. The summed E-state index contributed by atoms with van der Waals surface area (Å²) in [6.45, 7) is 2.88. The molecule has 0 saturated heterocycles. The number of aromatic nitrogens is 5. The van der Waals surface area contributed by atoms with Gasteiger partial charge < -0.3 is 38.4 Å². The number of carbonyl (C=O) groups excluding carboxylic acids is 5. The Morgan fingerprint density at radius 2 is 1.17 bits per heavy atom. The van der Waals surface area contributed by atoms with Gasteiger partial charge in [0.05, 0.1) is 89.8 Å². The van der Waals surface area contributed by atoms with Gasteiger partial charge in [0, 0.05) is 59.2 Å². The first kappa shape index (κ1) is 74.9. The van der Waals surface area contributed by atoms with E-state index in [0.717, 1.165) is 30.0 Å². The molecule has 2 aliphatic heterocycles. The largest absolute Gasteiger partial charge is 0.490 e. The predicted molar refractivity (Wildman–Crippen MR) is 393 cm³/mol. The maximum absolute atomic E-state index is 15.7.